The number of nitrogens with zero attached hydrogens (tertiary/aromatic N) is 3. The lowest BCUT2D eigenvalue weighted by atomic mass is 10.1. The van der Waals surface area contributed by atoms with E-state index < -0.39 is 0 Å². The number of aromatic nitrogens is 1. The normalized spacial score (nSPS) is 18.9. The summed E-state index contributed by atoms with van der Waals surface area (Å²) in [7, 11) is 0. The van der Waals surface area contributed by atoms with Crippen LogP contribution in [-0.4, -0.2) is 54.3 Å². The molecule has 3 N–H and O–H groups in total. The van der Waals surface area contributed by atoms with Crippen LogP contribution in [0.2, 0.25) is 0 Å². The van der Waals surface area contributed by atoms with Gasteiger partial charge in [-0.2, -0.15) is 0 Å². The Balaban J connectivity index is 1.98. The summed E-state index contributed by atoms with van der Waals surface area (Å²) < 4.78 is 0. The van der Waals surface area contributed by atoms with Crippen molar-refractivity contribution < 1.29 is 5.11 Å². The van der Waals surface area contributed by atoms with Crippen molar-refractivity contribution >= 4 is 5.82 Å². The standard InChI is InChI=1S/C13H22N4O/c1-11(14)12-2-3-15-13(10-12)17-6-4-16(5-7-17)8-9-18/h2-3,10-11,18H,4-9,14H2,1H3/t11-/m0/s1. The molecule has 1 aliphatic heterocycles. The van der Waals surface area contributed by atoms with Crippen LogP contribution in [0.4, 0.5) is 5.82 Å². The van der Waals surface area contributed by atoms with Crippen LogP contribution in [0, 0.1) is 0 Å². The summed E-state index contributed by atoms with van der Waals surface area (Å²) in [6, 6.07) is 4.09. The molecule has 0 aromatic carbocycles. The zero-order chi connectivity index (χ0) is 13.0. The number of pyridine rings is 1. The number of β-amino-alcohol motifs (C(OH)–C–C–N with tert-alkyl or cyclic N) is 1. The van der Waals surface area contributed by atoms with Crippen molar-refractivity contribution in [3.8, 4) is 0 Å². The first kappa shape index (κ1) is 13.3. The maximum atomic E-state index is 8.92. The summed E-state index contributed by atoms with van der Waals surface area (Å²) in [4.78, 5) is 8.97. The van der Waals surface area contributed by atoms with Crippen LogP contribution in [0.3, 0.4) is 0 Å². The van der Waals surface area contributed by atoms with Crippen LogP contribution >= 0.6 is 0 Å². The highest BCUT2D eigenvalue weighted by atomic mass is 16.3. The van der Waals surface area contributed by atoms with Crippen molar-refractivity contribution in [3.63, 3.8) is 0 Å². The fourth-order valence-electron chi connectivity index (χ4n) is 2.23. The summed E-state index contributed by atoms with van der Waals surface area (Å²) in [5, 5.41) is 8.92. The molecule has 5 heteroatoms. The number of aliphatic hydroxyl groups is 1. The van der Waals surface area contributed by atoms with Gasteiger partial charge in [0.15, 0.2) is 0 Å². The minimum atomic E-state index is 0.0439. The molecule has 1 saturated heterocycles. The molecule has 1 aromatic heterocycles. The van der Waals surface area contributed by atoms with Gasteiger partial charge in [-0.15, -0.1) is 0 Å². The lowest BCUT2D eigenvalue weighted by Crippen LogP contribution is -2.47. The molecule has 18 heavy (non-hydrogen) atoms. The van der Waals surface area contributed by atoms with Crippen LogP contribution in [-0.2, 0) is 0 Å². The van der Waals surface area contributed by atoms with E-state index in [1.807, 2.05) is 19.2 Å². The third-order valence-electron chi connectivity index (χ3n) is 3.41. The second kappa shape index (κ2) is 6.13. The van der Waals surface area contributed by atoms with Crippen molar-refractivity contribution in [1.82, 2.24) is 9.88 Å². The molecule has 2 rings (SSSR count). The average Bonchev–Trinajstić information content (AvgIpc) is 2.40. The molecule has 1 fully saturated rings. The molecule has 0 spiro atoms. The molecule has 0 bridgehead atoms. The highest BCUT2D eigenvalue weighted by molar-refractivity contribution is 5.42. The Morgan fingerprint density at radius 2 is 2.11 bits per heavy atom. The monoisotopic (exact) mass is 250 g/mol. The Morgan fingerprint density at radius 3 is 2.72 bits per heavy atom. The first-order chi connectivity index (χ1) is 8.70. The lowest BCUT2D eigenvalue weighted by molar-refractivity contribution is 0.188. The molecule has 0 saturated carbocycles. The molecule has 0 radical (unpaired) electrons. The number of hydrogen-bond donors (Lipinski definition) is 2. The maximum Gasteiger partial charge on any atom is 0.128 e. The number of piperazine rings is 1. The van der Waals surface area contributed by atoms with Crippen molar-refractivity contribution in [2.75, 3.05) is 44.2 Å². The van der Waals surface area contributed by atoms with Crippen molar-refractivity contribution in [2.24, 2.45) is 5.73 Å². The molecule has 0 amide bonds. The molecule has 2 heterocycles. The van der Waals surface area contributed by atoms with Gasteiger partial charge in [-0.1, -0.05) is 0 Å². The molecule has 0 unspecified atom stereocenters. The third kappa shape index (κ3) is 3.19. The fourth-order valence-corrected chi connectivity index (χ4v) is 2.23. The number of anilines is 1. The first-order valence-corrected chi connectivity index (χ1v) is 6.50. The first-order valence-electron chi connectivity index (χ1n) is 6.50. The Morgan fingerprint density at radius 1 is 1.39 bits per heavy atom. The topological polar surface area (TPSA) is 65.6 Å². The van der Waals surface area contributed by atoms with E-state index >= 15 is 0 Å². The van der Waals surface area contributed by atoms with E-state index in [1.54, 1.807) is 0 Å². The van der Waals surface area contributed by atoms with Gasteiger partial charge in [0.25, 0.3) is 0 Å². The van der Waals surface area contributed by atoms with Gasteiger partial charge >= 0.3 is 0 Å². The Labute approximate surface area is 108 Å². The Kier molecular flexibility index (Phi) is 4.52. The van der Waals surface area contributed by atoms with Crippen LogP contribution in [0.5, 0.6) is 0 Å². The van der Waals surface area contributed by atoms with Gasteiger partial charge in [0.1, 0.15) is 5.82 Å². The summed E-state index contributed by atoms with van der Waals surface area (Å²) in [6.45, 7) is 6.85. The molecule has 5 nitrogen and oxygen atoms in total. The Hall–Kier alpha value is -1.17. The van der Waals surface area contributed by atoms with Crippen LogP contribution in [0.1, 0.15) is 18.5 Å². The average molecular weight is 250 g/mol. The zero-order valence-corrected chi connectivity index (χ0v) is 10.9. The maximum absolute atomic E-state index is 8.92. The number of aliphatic hydroxyl groups excluding tert-OH is 1. The summed E-state index contributed by atoms with van der Waals surface area (Å²) in [5.74, 6) is 1.01. The van der Waals surface area contributed by atoms with Gasteiger partial charge in [-0.05, 0) is 24.6 Å². The molecule has 1 aromatic rings. The Bertz CT molecular complexity index is 375. The van der Waals surface area contributed by atoms with Gasteiger partial charge in [0, 0.05) is 45.0 Å². The number of rotatable bonds is 4. The van der Waals surface area contributed by atoms with E-state index in [4.69, 9.17) is 10.8 Å². The highest BCUT2D eigenvalue weighted by Crippen LogP contribution is 2.18. The molecular weight excluding hydrogens is 228 g/mol. The van der Waals surface area contributed by atoms with Crippen LogP contribution in [0.25, 0.3) is 0 Å². The molecule has 1 aliphatic rings. The largest absolute Gasteiger partial charge is 0.395 e. The van der Waals surface area contributed by atoms with Gasteiger partial charge in [0.05, 0.1) is 6.61 Å². The SMILES string of the molecule is C[C@H](N)c1ccnc(N2CCN(CCO)CC2)c1. The molecule has 0 aliphatic carbocycles. The van der Waals surface area contributed by atoms with E-state index in [0.29, 0.717) is 0 Å². The smallest absolute Gasteiger partial charge is 0.128 e. The molecular formula is C13H22N4O. The van der Waals surface area contributed by atoms with Gasteiger partial charge in [0.2, 0.25) is 0 Å². The molecule has 100 valence electrons. The predicted molar refractivity (Wildman–Crippen MR) is 72.6 cm³/mol. The van der Waals surface area contributed by atoms with E-state index in [1.165, 1.54) is 0 Å². The lowest BCUT2D eigenvalue weighted by Gasteiger charge is -2.35. The number of hydrogen-bond acceptors (Lipinski definition) is 5. The minimum Gasteiger partial charge on any atom is -0.395 e. The molecule has 1 atom stereocenters. The summed E-state index contributed by atoms with van der Waals surface area (Å²) in [6.07, 6.45) is 1.83. The second-order valence-corrected chi connectivity index (χ2v) is 4.79. The highest BCUT2D eigenvalue weighted by Gasteiger charge is 2.17. The van der Waals surface area contributed by atoms with Gasteiger partial charge in [-0.25, -0.2) is 4.98 Å². The van der Waals surface area contributed by atoms with E-state index in [9.17, 15) is 0 Å². The number of nitrogens with two attached hydrogens (primary N) is 1. The van der Waals surface area contributed by atoms with Crippen LogP contribution in [0.15, 0.2) is 18.3 Å². The van der Waals surface area contributed by atoms with Gasteiger partial charge in [-0.3, -0.25) is 4.90 Å². The van der Waals surface area contributed by atoms with E-state index in [-0.39, 0.29) is 12.6 Å². The quantitative estimate of drug-likeness (QED) is 0.800. The van der Waals surface area contributed by atoms with Crippen molar-refractivity contribution in [1.29, 1.82) is 0 Å². The zero-order valence-electron chi connectivity index (χ0n) is 10.9. The van der Waals surface area contributed by atoms with E-state index in [0.717, 1.165) is 44.1 Å². The fraction of sp³-hybridized carbons (Fsp3) is 0.615. The van der Waals surface area contributed by atoms with Gasteiger partial charge < -0.3 is 15.7 Å². The van der Waals surface area contributed by atoms with Crippen molar-refractivity contribution in [2.45, 2.75) is 13.0 Å². The summed E-state index contributed by atoms with van der Waals surface area (Å²) in [5.41, 5.74) is 7.01. The van der Waals surface area contributed by atoms with E-state index in [2.05, 4.69) is 20.9 Å². The predicted octanol–water partition coefficient (Wildman–Crippen LogP) is 0.216. The van der Waals surface area contributed by atoms with Crippen molar-refractivity contribution in [3.05, 3.63) is 23.9 Å². The van der Waals surface area contributed by atoms with Crippen LogP contribution < -0.4 is 10.6 Å². The minimum absolute atomic E-state index is 0.0439. The summed E-state index contributed by atoms with van der Waals surface area (Å²) >= 11 is 0. The second-order valence-electron chi connectivity index (χ2n) is 4.79. The third-order valence-corrected chi connectivity index (χ3v) is 3.41.